The van der Waals surface area contributed by atoms with Crippen LogP contribution in [-0.2, 0) is 4.74 Å². The average Bonchev–Trinajstić information content (AvgIpc) is 3.34. The van der Waals surface area contributed by atoms with Gasteiger partial charge in [0.15, 0.2) is 11.5 Å². The first kappa shape index (κ1) is 24.6. The lowest BCUT2D eigenvalue weighted by molar-refractivity contribution is 0.102. The molecule has 1 aliphatic heterocycles. The summed E-state index contributed by atoms with van der Waals surface area (Å²) in [4.78, 5) is 26.5. The van der Waals surface area contributed by atoms with Gasteiger partial charge in [-0.15, -0.1) is 11.3 Å². The Hall–Kier alpha value is -4.08. The summed E-state index contributed by atoms with van der Waals surface area (Å²) in [6.45, 7) is 3.80. The molecule has 0 bridgehead atoms. The molecule has 0 fully saturated rings. The van der Waals surface area contributed by atoms with Crippen molar-refractivity contribution in [1.82, 2.24) is 0 Å². The van der Waals surface area contributed by atoms with Crippen LogP contribution in [0, 0.1) is 6.92 Å². The predicted molar refractivity (Wildman–Crippen MR) is 144 cm³/mol. The molecule has 0 aliphatic carbocycles. The van der Waals surface area contributed by atoms with Crippen molar-refractivity contribution >= 4 is 44.6 Å². The van der Waals surface area contributed by atoms with Crippen LogP contribution in [0.1, 0.15) is 25.6 Å². The van der Waals surface area contributed by atoms with Crippen LogP contribution >= 0.6 is 11.3 Å². The van der Waals surface area contributed by atoms with E-state index in [1.54, 1.807) is 37.4 Å². The van der Waals surface area contributed by atoms with Gasteiger partial charge >= 0.3 is 0 Å². The van der Waals surface area contributed by atoms with Crippen molar-refractivity contribution in [2.24, 2.45) is 0 Å². The summed E-state index contributed by atoms with van der Waals surface area (Å²) in [6.07, 6.45) is 0. The van der Waals surface area contributed by atoms with Gasteiger partial charge in [-0.25, -0.2) is 0 Å². The standard InChI is InChI=1S/C28H26N2O6S/c1-17-3-6-20(29-27(31)19-5-8-23-24(13-19)36-12-11-35-23)15-22(17)30-28(32)26-14-18-4-7-21(16-25(18)37-26)34-10-9-33-2/h3-8,13-16H,9-12H2,1-2H3,(H,29,31)(H,30,32). The number of fused-ring (bicyclic) bond motifs is 2. The molecule has 2 amide bonds. The third-order valence-corrected chi connectivity index (χ3v) is 6.92. The van der Waals surface area contributed by atoms with Crippen LogP contribution in [0.4, 0.5) is 11.4 Å². The zero-order valence-electron chi connectivity index (χ0n) is 20.5. The second-order valence-electron chi connectivity index (χ2n) is 8.45. The van der Waals surface area contributed by atoms with E-state index in [0.29, 0.717) is 59.7 Å². The number of anilines is 2. The Kier molecular flexibility index (Phi) is 7.25. The Morgan fingerprint density at radius 2 is 1.73 bits per heavy atom. The summed E-state index contributed by atoms with van der Waals surface area (Å²) >= 11 is 1.39. The number of nitrogens with one attached hydrogen (secondary N) is 2. The predicted octanol–water partition coefficient (Wildman–Crippen LogP) is 5.51. The van der Waals surface area contributed by atoms with E-state index >= 15 is 0 Å². The highest BCUT2D eigenvalue weighted by Crippen LogP contribution is 2.32. The third-order valence-electron chi connectivity index (χ3n) is 5.82. The second-order valence-corrected chi connectivity index (χ2v) is 9.53. The molecule has 0 spiro atoms. The quantitative estimate of drug-likeness (QED) is 0.299. The molecule has 9 heteroatoms. The van der Waals surface area contributed by atoms with Crippen LogP contribution in [0.25, 0.3) is 10.1 Å². The van der Waals surface area contributed by atoms with E-state index < -0.39 is 0 Å². The maximum Gasteiger partial charge on any atom is 0.265 e. The molecule has 3 aromatic carbocycles. The van der Waals surface area contributed by atoms with Crippen molar-refractivity contribution in [1.29, 1.82) is 0 Å². The van der Waals surface area contributed by atoms with Crippen molar-refractivity contribution in [3.8, 4) is 17.2 Å². The lowest BCUT2D eigenvalue weighted by Gasteiger charge is -2.18. The van der Waals surface area contributed by atoms with Gasteiger partial charge in [0.25, 0.3) is 11.8 Å². The van der Waals surface area contributed by atoms with Crippen molar-refractivity contribution < 1.29 is 28.5 Å². The number of aryl methyl sites for hydroxylation is 1. The number of hydrogen-bond acceptors (Lipinski definition) is 7. The molecule has 1 aliphatic rings. The molecule has 0 unspecified atom stereocenters. The van der Waals surface area contributed by atoms with Gasteiger partial charge in [-0.1, -0.05) is 6.07 Å². The van der Waals surface area contributed by atoms with E-state index in [1.165, 1.54) is 11.3 Å². The van der Waals surface area contributed by atoms with Crippen LogP contribution in [0.15, 0.2) is 60.7 Å². The summed E-state index contributed by atoms with van der Waals surface area (Å²) < 4.78 is 22.7. The molecule has 0 saturated carbocycles. The first-order valence-electron chi connectivity index (χ1n) is 11.8. The molecule has 2 N–H and O–H groups in total. The molecule has 5 rings (SSSR count). The highest BCUT2D eigenvalue weighted by molar-refractivity contribution is 7.20. The van der Waals surface area contributed by atoms with Gasteiger partial charge in [-0.2, -0.15) is 0 Å². The molecule has 0 radical (unpaired) electrons. The summed E-state index contributed by atoms with van der Waals surface area (Å²) in [5.41, 5.74) is 2.51. The highest BCUT2D eigenvalue weighted by Gasteiger charge is 2.16. The maximum atomic E-state index is 13.1. The molecule has 4 aromatic rings. The van der Waals surface area contributed by atoms with Gasteiger partial charge in [0, 0.05) is 28.7 Å². The monoisotopic (exact) mass is 518 g/mol. The number of rotatable bonds is 8. The number of methoxy groups -OCH3 is 1. The van der Waals surface area contributed by atoms with Gasteiger partial charge < -0.3 is 29.6 Å². The first-order valence-corrected chi connectivity index (χ1v) is 12.6. The number of hydrogen-bond donors (Lipinski definition) is 2. The number of thiophene rings is 1. The fourth-order valence-electron chi connectivity index (χ4n) is 3.86. The van der Waals surface area contributed by atoms with Crippen LogP contribution in [0.2, 0.25) is 0 Å². The van der Waals surface area contributed by atoms with Gasteiger partial charge in [-0.3, -0.25) is 9.59 Å². The van der Waals surface area contributed by atoms with E-state index in [4.69, 9.17) is 18.9 Å². The van der Waals surface area contributed by atoms with E-state index in [9.17, 15) is 9.59 Å². The van der Waals surface area contributed by atoms with Crippen LogP contribution in [0.3, 0.4) is 0 Å². The van der Waals surface area contributed by atoms with Gasteiger partial charge in [0.05, 0.1) is 11.5 Å². The highest BCUT2D eigenvalue weighted by atomic mass is 32.1. The van der Waals surface area contributed by atoms with Crippen molar-refractivity contribution in [2.75, 3.05) is 44.2 Å². The maximum absolute atomic E-state index is 13.1. The molecular weight excluding hydrogens is 492 g/mol. The van der Waals surface area contributed by atoms with Gasteiger partial charge in [0.1, 0.15) is 25.6 Å². The SMILES string of the molecule is COCCOc1ccc2cc(C(=O)Nc3cc(NC(=O)c4ccc5c(c4)OCCO5)ccc3C)sc2c1. The summed E-state index contributed by atoms with van der Waals surface area (Å²) in [5, 5.41) is 6.83. The number of benzene rings is 3. The number of amides is 2. The van der Waals surface area contributed by atoms with Gasteiger partial charge in [-0.05, 0) is 72.5 Å². The molecule has 0 atom stereocenters. The van der Waals surface area contributed by atoms with E-state index in [-0.39, 0.29) is 11.8 Å². The topological polar surface area (TPSA) is 95.1 Å². The Morgan fingerprint density at radius 1 is 0.892 bits per heavy atom. The minimum atomic E-state index is -0.286. The lowest BCUT2D eigenvalue weighted by atomic mass is 10.1. The largest absolute Gasteiger partial charge is 0.491 e. The fourth-order valence-corrected chi connectivity index (χ4v) is 4.85. The molecular formula is C28H26N2O6S. The molecule has 2 heterocycles. The van der Waals surface area contributed by atoms with Crippen LogP contribution in [-0.4, -0.2) is 45.4 Å². The molecule has 8 nitrogen and oxygen atoms in total. The summed E-state index contributed by atoms with van der Waals surface area (Å²) in [7, 11) is 1.63. The Morgan fingerprint density at radius 3 is 2.57 bits per heavy atom. The number of ether oxygens (including phenoxy) is 4. The lowest BCUT2D eigenvalue weighted by Crippen LogP contribution is -2.17. The summed E-state index contributed by atoms with van der Waals surface area (Å²) in [6, 6.07) is 18.1. The smallest absolute Gasteiger partial charge is 0.265 e. The van der Waals surface area contributed by atoms with E-state index in [1.807, 2.05) is 37.3 Å². The van der Waals surface area contributed by atoms with Crippen molar-refractivity contribution in [3.05, 3.63) is 76.7 Å². The molecule has 37 heavy (non-hydrogen) atoms. The van der Waals surface area contributed by atoms with E-state index in [0.717, 1.165) is 21.4 Å². The minimum Gasteiger partial charge on any atom is -0.491 e. The zero-order valence-corrected chi connectivity index (χ0v) is 21.3. The third kappa shape index (κ3) is 5.68. The number of carbonyl (C=O) groups excluding carboxylic acids is 2. The average molecular weight is 519 g/mol. The zero-order chi connectivity index (χ0) is 25.8. The number of carbonyl (C=O) groups is 2. The van der Waals surface area contributed by atoms with Crippen LogP contribution < -0.4 is 24.8 Å². The van der Waals surface area contributed by atoms with Gasteiger partial charge in [0.2, 0.25) is 0 Å². The minimum absolute atomic E-state index is 0.221. The Labute approximate surface area is 218 Å². The molecule has 1 aromatic heterocycles. The molecule has 190 valence electrons. The first-order chi connectivity index (χ1) is 18.0. The van der Waals surface area contributed by atoms with E-state index in [2.05, 4.69) is 10.6 Å². The molecule has 0 saturated heterocycles. The van der Waals surface area contributed by atoms with Crippen LogP contribution in [0.5, 0.6) is 17.2 Å². The normalized spacial score (nSPS) is 12.3. The summed E-state index contributed by atoms with van der Waals surface area (Å²) in [5.74, 6) is 1.40. The Bertz CT molecular complexity index is 1460. The Balaban J connectivity index is 1.28. The van der Waals surface area contributed by atoms with Crippen molar-refractivity contribution in [2.45, 2.75) is 6.92 Å². The fraction of sp³-hybridized carbons (Fsp3) is 0.214. The second kappa shape index (κ2) is 10.9. The van der Waals surface area contributed by atoms with Crippen molar-refractivity contribution in [3.63, 3.8) is 0 Å².